The van der Waals surface area contributed by atoms with E-state index in [9.17, 15) is 9.59 Å². The highest BCUT2D eigenvalue weighted by atomic mass is 16.5. The number of pyridine rings is 1. The van der Waals surface area contributed by atoms with Gasteiger partial charge in [-0.3, -0.25) is 9.59 Å². The zero-order chi connectivity index (χ0) is 15.2. The molecule has 0 aliphatic heterocycles. The SMILES string of the molecule is CCOc1ccc(NC(=O)c2ccc[nH]c2=O)cc1OC. The number of carbonyl (C=O) groups is 1. The Balaban J connectivity index is 2.22. The van der Waals surface area contributed by atoms with Crippen molar-refractivity contribution in [2.24, 2.45) is 0 Å². The van der Waals surface area contributed by atoms with E-state index in [2.05, 4.69) is 10.3 Å². The average Bonchev–Trinajstić information content (AvgIpc) is 2.49. The van der Waals surface area contributed by atoms with E-state index in [4.69, 9.17) is 9.47 Å². The van der Waals surface area contributed by atoms with Crippen molar-refractivity contribution < 1.29 is 14.3 Å². The summed E-state index contributed by atoms with van der Waals surface area (Å²) in [5.41, 5.74) is 0.127. The monoisotopic (exact) mass is 288 g/mol. The van der Waals surface area contributed by atoms with Crippen molar-refractivity contribution in [1.82, 2.24) is 4.98 Å². The molecule has 0 aliphatic rings. The summed E-state index contributed by atoms with van der Waals surface area (Å²) in [6.07, 6.45) is 1.47. The molecule has 0 saturated carbocycles. The van der Waals surface area contributed by atoms with Gasteiger partial charge >= 0.3 is 0 Å². The summed E-state index contributed by atoms with van der Waals surface area (Å²) in [4.78, 5) is 26.0. The lowest BCUT2D eigenvalue weighted by Crippen LogP contribution is -2.22. The standard InChI is InChI=1S/C15H16N2O4/c1-3-21-12-7-6-10(9-13(12)20-2)17-15(19)11-5-4-8-16-14(11)18/h4-9H,3H2,1-2H3,(H,16,18)(H,17,19). The van der Waals surface area contributed by atoms with Crippen LogP contribution >= 0.6 is 0 Å². The Morgan fingerprint density at radius 1 is 1.29 bits per heavy atom. The Bertz CT molecular complexity index is 694. The minimum atomic E-state index is -0.483. The van der Waals surface area contributed by atoms with Crippen LogP contribution in [0.4, 0.5) is 5.69 Å². The minimum Gasteiger partial charge on any atom is -0.493 e. The lowest BCUT2D eigenvalue weighted by atomic mass is 10.2. The van der Waals surface area contributed by atoms with Crippen LogP contribution in [0.1, 0.15) is 17.3 Å². The smallest absolute Gasteiger partial charge is 0.261 e. The van der Waals surface area contributed by atoms with Crippen LogP contribution in [0.2, 0.25) is 0 Å². The molecule has 0 spiro atoms. The number of carbonyl (C=O) groups excluding carboxylic acids is 1. The Labute approximate surface area is 121 Å². The third kappa shape index (κ3) is 3.42. The molecule has 21 heavy (non-hydrogen) atoms. The molecule has 1 heterocycles. The summed E-state index contributed by atoms with van der Waals surface area (Å²) >= 11 is 0. The molecule has 0 radical (unpaired) electrons. The largest absolute Gasteiger partial charge is 0.493 e. The van der Waals surface area contributed by atoms with Gasteiger partial charge in [-0.15, -0.1) is 0 Å². The summed E-state index contributed by atoms with van der Waals surface area (Å²) < 4.78 is 10.6. The van der Waals surface area contributed by atoms with Crippen LogP contribution in [0, 0.1) is 0 Å². The first-order chi connectivity index (χ1) is 10.2. The highest BCUT2D eigenvalue weighted by Crippen LogP contribution is 2.30. The Morgan fingerprint density at radius 3 is 2.76 bits per heavy atom. The summed E-state index contributed by atoms with van der Waals surface area (Å²) in [5.74, 6) is 0.621. The first-order valence-corrected chi connectivity index (χ1v) is 6.45. The predicted molar refractivity (Wildman–Crippen MR) is 79.2 cm³/mol. The Kier molecular flexibility index (Phi) is 4.61. The molecule has 0 bridgehead atoms. The Hall–Kier alpha value is -2.76. The maximum Gasteiger partial charge on any atom is 0.261 e. The lowest BCUT2D eigenvalue weighted by Gasteiger charge is -2.11. The lowest BCUT2D eigenvalue weighted by molar-refractivity contribution is 0.102. The predicted octanol–water partition coefficient (Wildman–Crippen LogP) is 2.03. The molecule has 1 aromatic carbocycles. The first-order valence-electron chi connectivity index (χ1n) is 6.45. The second kappa shape index (κ2) is 6.60. The van der Waals surface area contributed by atoms with E-state index in [1.807, 2.05) is 6.92 Å². The molecule has 110 valence electrons. The fourth-order valence-corrected chi connectivity index (χ4v) is 1.82. The van der Waals surface area contributed by atoms with Gasteiger partial charge in [-0.25, -0.2) is 0 Å². The quantitative estimate of drug-likeness (QED) is 0.882. The van der Waals surface area contributed by atoms with Gasteiger partial charge in [0.15, 0.2) is 11.5 Å². The molecular formula is C15H16N2O4. The summed E-state index contributed by atoms with van der Waals surface area (Å²) in [7, 11) is 1.52. The number of anilines is 1. The van der Waals surface area contributed by atoms with Gasteiger partial charge < -0.3 is 19.8 Å². The number of hydrogen-bond acceptors (Lipinski definition) is 4. The van der Waals surface area contributed by atoms with Gasteiger partial charge in [-0.2, -0.15) is 0 Å². The van der Waals surface area contributed by atoms with Gasteiger partial charge in [-0.1, -0.05) is 0 Å². The third-order valence-electron chi connectivity index (χ3n) is 2.78. The van der Waals surface area contributed by atoms with Gasteiger partial charge in [0, 0.05) is 18.0 Å². The maximum atomic E-state index is 12.0. The van der Waals surface area contributed by atoms with Crippen molar-refractivity contribution in [3.8, 4) is 11.5 Å². The van der Waals surface area contributed by atoms with Crippen LogP contribution in [0.5, 0.6) is 11.5 Å². The number of methoxy groups -OCH3 is 1. The average molecular weight is 288 g/mol. The van der Waals surface area contributed by atoms with E-state index in [0.717, 1.165) is 0 Å². The maximum absolute atomic E-state index is 12.0. The van der Waals surface area contributed by atoms with Gasteiger partial charge in [0.05, 0.1) is 13.7 Å². The van der Waals surface area contributed by atoms with Gasteiger partial charge in [0.2, 0.25) is 0 Å². The van der Waals surface area contributed by atoms with Crippen molar-refractivity contribution >= 4 is 11.6 Å². The highest BCUT2D eigenvalue weighted by molar-refractivity contribution is 6.04. The normalized spacial score (nSPS) is 10.0. The van der Waals surface area contributed by atoms with E-state index < -0.39 is 11.5 Å². The van der Waals surface area contributed by atoms with Crippen LogP contribution in [0.25, 0.3) is 0 Å². The number of ether oxygens (including phenoxy) is 2. The zero-order valence-electron chi connectivity index (χ0n) is 11.8. The van der Waals surface area contributed by atoms with Crippen molar-refractivity contribution in [3.05, 3.63) is 52.4 Å². The molecule has 1 aromatic heterocycles. The third-order valence-corrected chi connectivity index (χ3v) is 2.78. The fraction of sp³-hybridized carbons (Fsp3) is 0.200. The van der Waals surface area contributed by atoms with E-state index in [0.29, 0.717) is 23.8 Å². The number of aromatic amines is 1. The molecule has 6 heteroatoms. The number of benzene rings is 1. The molecule has 2 N–H and O–H groups in total. The molecule has 0 fully saturated rings. The van der Waals surface area contributed by atoms with Crippen molar-refractivity contribution in [2.75, 3.05) is 19.0 Å². The Morgan fingerprint density at radius 2 is 2.10 bits per heavy atom. The topological polar surface area (TPSA) is 80.4 Å². The summed E-state index contributed by atoms with van der Waals surface area (Å²) in [6.45, 7) is 2.39. The molecule has 0 saturated heterocycles. The number of hydrogen-bond donors (Lipinski definition) is 2. The molecule has 1 amide bonds. The number of rotatable bonds is 5. The zero-order valence-corrected chi connectivity index (χ0v) is 11.8. The fourth-order valence-electron chi connectivity index (χ4n) is 1.82. The second-order valence-corrected chi connectivity index (χ2v) is 4.17. The molecule has 2 rings (SSSR count). The van der Waals surface area contributed by atoms with Crippen LogP contribution in [-0.2, 0) is 0 Å². The van der Waals surface area contributed by atoms with Crippen LogP contribution in [0.3, 0.4) is 0 Å². The van der Waals surface area contributed by atoms with Gasteiger partial charge in [0.25, 0.3) is 11.5 Å². The second-order valence-electron chi connectivity index (χ2n) is 4.17. The van der Waals surface area contributed by atoms with Crippen molar-refractivity contribution in [1.29, 1.82) is 0 Å². The van der Waals surface area contributed by atoms with Crippen LogP contribution < -0.4 is 20.3 Å². The summed E-state index contributed by atoms with van der Waals surface area (Å²) in [6, 6.07) is 8.07. The molecule has 0 unspecified atom stereocenters. The van der Waals surface area contributed by atoms with Crippen molar-refractivity contribution in [2.45, 2.75) is 6.92 Å². The van der Waals surface area contributed by atoms with E-state index in [1.54, 1.807) is 24.3 Å². The number of H-pyrrole nitrogens is 1. The highest BCUT2D eigenvalue weighted by Gasteiger charge is 2.11. The number of aromatic nitrogens is 1. The van der Waals surface area contributed by atoms with Gasteiger partial charge in [-0.05, 0) is 31.2 Å². The molecule has 0 atom stereocenters. The van der Waals surface area contributed by atoms with Gasteiger partial charge in [0.1, 0.15) is 5.56 Å². The van der Waals surface area contributed by atoms with Crippen LogP contribution in [0.15, 0.2) is 41.3 Å². The molecule has 6 nitrogen and oxygen atoms in total. The minimum absolute atomic E-state index is 0.0466. The van der Waals surface area contributed by atoms with E-state index in [-0.39, 0.29) is 5.56 Å². The molecular weight excluding hydrogens is 272 g/mol. The molecule has 0 aliphatic carbocycles. The number of nitrogens with one attached hydrogen (secondary N) is 2. The summed E-state index contributed by atoms with van der Waals surface area (Å²) in [5, 5.41) is 2.65. The van der Waals surface area contributed by atoms with E-state index >= 15 is 0 Å². The van der Waals surface area contributed by atoms with E-state index in [1.165, 1.54) is 19.4 Å². The molecule has 2 aromatic rings. The van der Waals surface area contributed by atoms with Crippen LogP contribution in [-0.4, -0.2) is 24.6 Å². The van der Waals surface area contributed by atoms with Crippen molar-refractivity contribution in [3.63, 3.8) is 0 Å². The number of amides is 1. The first kappa shape index (κ1) is 14.6.